The molecule has 1 saturated carbocycles. The van der Waals surface area contributed by atoms with Crippen LogP contribution in [0.5, 0.6) is 0 Å². The van der Waals surface area contributed by atoms with Crippen molar-refractivity contribution in [3.63, 3.8) is 0 Å². The van der Waals surface area contributed by atoms with Gasteiger partial charge in [0.25, 0.3) is 0 Å². The fourth-order valence-electron chi connectivity index (χ4n) is 2.60. The van der Waals surface area contributed by atoms with E-state index in [1.165, 1.54) is 0 Å². The van der Waals surface area contributed by atoms with Crippen molar-refractivity contribution in [1.82, 2.24) is 5.32 Å². The Kier molecular flexibility index (Phi) is 4.42. The van der Waals surface area contributed by atoms with Crippen molar-refractivity contribution in [2.75, 3.05) is 6.54 Å². The van der Waals surface area contributed by atoms with Crippen LogP contribution >= 0.6 is 0 Å². The molecule has 18 heavy (non-hydrogen) atoms. The van der Waals surface area contributed by atoms with Crippen LogP contribution in [0.4, 0.5) is 0 Å². The van der Waals surface area contributed by atoms with Gasteiger partial charge in [-0.1, -0.05) is 0 Å². The summed E-state index contributed by atoms with van der Waals surface area (Å²) in [4.78, 5) is 12.1. The van der Waals surface area contributed by atoms with Crippen molar-refractivity contribution < 1.29 is 9.21 Å². The van der Waals surface area contributed by atoms with E-state index in [0.29, 0.717) is 5.92 Å². The molecule has 0 spiro atoms. The second-order valence-electron chi connectivity index (χ2n) is 5.20. The average Bonchev–Trinajstić information content (AvgIpc) is 2.92. The van der Waals surface area contributed by atoms with Crippen molar-refractivity contribution in [2.45, 2.75) is 38.6 Å². The van der Waals surface area contributed by atoms with Gasteiger partial charge < -0.3 is 15.5 Å². The Bertz CT molecular complexity index is 367. The lowest BCUT2D eigenvalue weighted by atomic mass is 9.81. The summed E-state index contributed by atoms with van der Waals surface area (Å²) in [5.74, 6) is 1.70. The minimum absolute atomic E-state index is 0.0558. The van der Waals surface area contributed by atoms with Gasteiger partial charge in [0.2, 0.25) is 5.91 Å². The number of furan rings is 1. The average molecular weight is 250 g/mol. The first kappa shape index (κ1) is 13.1. The maximum Gasteiger partial charge on any atom is 0.223 e. The van der Waals surface area contributed by atoms with E-state index in [4.69, 9.17) is 10.2 Å². The SMILES string of the molecule is C[C@H](NC(=O)C1CCC(CN)CC1)c1ccco1. The zero-order chi connectivity index (χ0) is 13.0. The van der Waals surface area contributed by atoms with E-state index in [1.54, 1.807) is 6.26 Å². The Labute approximate surface area is 108 Å². The fourth-order valence-corrected chi connectivity index (χ4v) is 2.60. The van der Waals surface area contributed by atoms with Gasteiger partial charge in [-0.3, -0.25) is 4.79 Å². The summed E-state index contributed by atoms with van der Waals surface area (Å²) in [6, 6.07) is 3.67. The molecule has 0 bridgehead atoms. The van der Waals surface area contributed by atoms with E-state index >= 15 is 0 Å². The molecule has 1 aliphatic rings. The lowest BCUT2D eigenvalue weighted by Crippen LogP contribution is -2.35. The van der Waals surface area contributed by atoms with E-state index in [0.717, 1.165) is 38.0 Å². The number of hydrogen-bond acceptors (Lipinski definition) is 3. The van der Waals surface area contributed by atoms with Gasteiger partial charge in [0, 0.05) is 5.92 Å². The van der Waals surface area contributed by atoms with Gasteiger partial charge >= 0.3 is 0 Å². The monoisotopic (exact) mass is 250 g/mol. The summed E-state index contributed by atoms with van der Waals surface area (Å²) in [6.45, 7) is 2.69. The Balaban J connectivity index is 1.82. The molecule has 4 heteroatoms. The zero-order valence-corrected chi connectivity index (χ0v) is 10.9. The van der Waals surface area contributed by atoms with Crippen LogP contribution in [0.15, 0.2) is 22.8 Å². The highest BCUT2D eigenvalue weighted by molar-refractivity contribution is 5.79. The Morgan fingerprint density at radius 3 is 2.78 bits per heavy atom. The topological polar surface area (TPSA) is 68.3 Å². The summed E-state index contributed by atoms with van der Waals surface area (Å²) < 4.78 is 5.29. The van der Waals surface area contributed by atoms with E-state index in [9.17, 15) is 4.79 Å². The molecule has 3 N–H and O–H groups in total. The quantitative estimate of drug-likeness (QED) is 0.861. The molecule has 0 aliphatic heterocycles. The molecule has 1 aromatic heterocycles. The van der Waals surface area contributed by atoms with Crippen molar-refractivity contribution in [3.05, 3.63) is 24.2 Å². The molecular formula is C14H22N2O2. The summed E-state index contributed by atoms with van der Waals surface area (Å²) in [6.07, 6.45) is 5.69. The Morgan fingerprint density at radius 1 is 1.50 bits per heavy atom. The Morgan fingerprint density at radius 2 is 2.22 bits per heavy atom. The first-order valence-corrected chi connectivity index (χ1v) is 6.74. The molecule has 1 fully saturated rings. The smallest absolute Gasteiger partial charge is 0.223 e. The molecule has 4 nitrogen and oxygen atoms in total. The number of amides is 1. The Hall–Kier alpha value is -1.29. The van der Waals surface area contributed by atoms with Crippen molar-refractivity contribution in [2.24, 2.45) is 17.6 Å². The molecule has 0 aromatic carbocycles. The molecular weight excluding hydrogens is 228 g/mol. The third-order valence-corrected chi connectivity index (χ3v) is 3.88. The normalized spacial score (nSPS) is 25.7. The van der Waals surface area contributed by atoms with Gasteiger partial charge in [-0.2, -0.15) is 0 Å². The summed E-state index contributed by atoms with van der Waals surface area (Å²) >= 11 is 0. The lowest BCUT2D eigenvalue weighted by Gasteiger charge is -2.27. The van der Waals surface area contributed by atoms with Gasteiger partial charge in [-0.25, -0.2) is 0 Å². The van der Waals surface area contributed by atoms with Crippen LogP contribution in [0.3, 0.4) is 0 Å². The fraction of sp³-hybridized carbons (Fsp3) is 0.643. The van der Waals surface area contributed by atoms with Crippen LogP contribution in [0, 0.1) is 11.8 Å². The molecule has 1 amide bonds. The first-order valence-electron chi connectivity index (χ1n) is 6.74. The number of nitrogens with one attached hydrogen (secondary N) is 1. The highest BCUT2D eigenvalue weighted by Crippen LogP contribution is 2.28. The lowest BCUT2D eigenvalue weighted by molar-refractivity contribution is -0.127. The van der Waals surface area contributed by atoms with E-state index in [1.807, 2.05) is 19.1 Å². The van der Waals surface area contributed by atoms with Crippen LogP contribution in [-0.2, 0) is 4.79 Å². The van der Waals surface area contributed by atoms with Gasteiger partial charge in [0.1, 0.15) is 5.76 Å². The second-order valence-corrected chi connectivity index (χ2v) is 5.20. The third-order valence-electron chi connectivity index (χ3n) is 3.88. The molecule has 0 saturated heterocycles. The highest BCUT2D eigenvalue weighted by atomic mass is 16.3. The number of carbonyl (C=O) groups excluding carboxylic acids is 1. The number of hydrogen-bond donors (Lipinski definition) is 2. The predicted molar refractivity (Wildman–Crippen MR) is 69.8 cm³/mol. The summed E-state index contributed by atoms with van der Waals surface area (Å²) in [5, 5.41) is 3.02. The first-order chi connectivity index (χ1) is 8.70. The van der Waals surface area contributed by atoms with Gasteiger partial charge in [0.15, 0.2) is 0 Å². The van der Waals surface area contributed by atoms with Crippen molar-refractivity contribution >= 4 is 5.91 Å². The minimum Gasteiger partial charge on any atom is -0.467 e. The molecule has 0 radical (unpaired) electrons. The maximum atomic E-state index is 12.1. The molecule has 2 rings (SSSR count). The minimum atomic E-state index is -0.0558. The molecule has 100 valence electrons. The third kappa shape index (κ3) is 3.13. The number of nitrogens with two attached hydrogens (primary N) is 1. The molecule has 1 atom stereocenters. The summed E-state index contributed by atoms with van der Waals surface area (Å²) in [5.41, 5.74) is 5.66. The standard InChI is InChI=1S/C14H22N2O2/c1-10(13-3-2-8-18-13)16-14(17)12-6-4-11(9-15)5-7-12/h2-3,8,10-12H,4-7,9,15H2,1H3,(H,16,17)/t10-,11?,12?/m0/s1. The van der Waals surface area contributed by atoms with Crippen molar-refractivity contribution in [1.29, 1.82) is 0 Å². The predicted octanol–water partition coefficient (Wildman–Crippen LogP) is 2.22. The number of rotatable bonds is 4. The van der Waals surface area contributed by atoms with Crippen LogP contribution in [-0.4, -0.2) is 12.5 Å². The number of carbonyl (C=O) groups is 1. The van der Waals surface area contributed by atoms with Gasteiger partial charge in [0.05, 0.1) is 12.3 Å². The van der Waals surface area contributed by atoms with Gasteiger partial charge in [-0.15, -0.1) is 0 Å². The summed E-state index contributed by atoms with van der Waals surface area (Å²) in [7, 11) is 0. The molecule has 0 unspecified atom stereocenters. The van der Waals surface area contributed by atoms with E-state index in [-0.39, 0.29) is 17.9 Å². The largest absolute Gasteiger partial charge is 0.467 e. The highest BCUT2D eigenvalue weighted by Gasteiger charge is 2.26. The second kappa shape index (κ2) is 6.05. The van der Waals surface area contributed by atoms with Crippen LogP contribution in [0.25, 0.3) is 0 Å². The zero-order valence-electron chi connectivity index (χ0n) is 10.9. The maximum absolute atomic E-state index is 12.1. The molecule has 1 heterocycles. The van der Waals surface area contributed by atoms with E-state index in [2.05, 4.69) is 5.32 Å². The van der Waals surface area contributed by atoms with Crippen LogP contribution < -0.4 is 11.1 Å². The van der Waals surface area contributed by atoms with Crippen LogP contribution in [0.1, 0.15) is 44.4 Å². The van der Waals surface area contributed by atoms with E-state index < -0.39 is 0 Å². The molecule has 1 aliphatic carbocycles. The van der Waals surface area contributed by atoms with Crippen molar-refractivity contribution in [3.8, 4) is 0 Å². The van der Waals surface area contributed by atoms with Gasteiger partial charge in [-0.05, 0) is 57.2 Å². The molecule has 1 aromatic rings. The van der Waals surface area contributed by atoms with Crippen LogP contribution in [0.2, 0.25) is 0 Å².